The Morgan fingerprint density at radius 1 is 1.17 bits per heavy atom. The Morgan fingerprint density at radius 2 is 1.88 bits per heavy atom. The van der Waals surface area contributed by atoms with E-state index in [0.29, 0.717) is 41.6 Å². The highest BCUT2D eigenvalue weighted by molar-refractivity contribution is 6.31. The van der Waals surface area contributed by atoms with E-state index in [1.165, 1.54) is 6.07 Å². The second kappa shape index (κ2) is 6.81. The standard InChI is InChI=1S/C17H19ClN2O4/c18-12-3-4-14(13(7-12)16(22)19-8-9-1-2-9)20-15(21)10-5-11(6-10)17(23)24/h3-4,7,9-11H,1-2,5-6,8H2,(H,19,22)(H,20,21)(H,23,24). The third-order valence-corrected chi connectivity index (χ3v) is 4.83. The van der Waals surface area contributed by atoms with Gasteiger partial charge >= 0.3 is 5.97 Å². The van der Waals surface area contributed by atoms with Crippen LogP contribution in [-0.2, 0) is 9.59 Å². The zero-order valence-corrected chi connectivity index (χ0v) is 13.8. The molecule has 2 amide bonds. The Labute approximate surface area is 144 Å². The van der Waals surface area contributed by atoms with Gasteiger partial charge in [-0.05, 0) is 49.8 Å². The highest BCUT2D eigenvalue weighted by Crippen LogP contribution is 2.35. The molecule has 0 bridgehead atoms. The number of rotatable bonds is 6. The SMILES string of the molecule is O=C(NCC1CC1)c1cc(Cl)ccc1NC(=O)C1CC(C(=O)O)C1. The molecule has 2 aliphatic carbocycles. The third-order valence-electron chi connectivity index (χ3n) is 4.59. The van der Waals surface area contributed by atoms with E-state index in [2.05, 4.69) is 10.6 Å². The van der Waals surface area contributed by atoms with Crippen LogP contribution in [0.4, 0.5) is 5.69 Å². The number of nitrogens with one attached hydrogen (secondary N) is 2. The van der Waals surface area contributed by atoms with Gasteiger partial charge in [0.25, 0.3) is 5.91 Å². The van der Waals surface area contributed by atoms with Crippen molar-refractivity contribution in [3.05, 3.63) is 28.8 Å². The summed E-state index contributed by atoms with van der Waals surface area (Å²) in [4.78, 5) is 35.4. The molecule has 1 aromatic rings. The van der Waals surface area contributed by atoms with Crippen molar-refractivity contribution in [1.82, 2.24) is 5.32 Å². The summed E-state index contributed by atoms with van der Waals surface area (Å²) in [6, 6.07) is 4.73. The summed E-state index contributed by atoms with van der Waals surface area (Å²) >= 11 is 5.97. The molecular weight excluding hydrogens is 332 g/mol. The summed E-state index contributed by atoms with van der Waals surface area (Å²) in [7, 11) is 0. The van der Waals surface area contributed by atoms with Gasteiger partial charge in [0.05, 0.1) is 17.2 Å². The highest BCUT2D eigenvalue weighted by atomic mass is 35.5. The molecule has 2 aliphatic rings. The molecule has 0 atom stereocenters. The van der Waals surface area contributed by atoms with Gasteiger partial charge in [0.2, 0.25) is 5.91 Å². The average molecular weight is 351 g/mol. The first kappa shape index (κ1) is 16.8. The number of anilines is 1. The van der Waals surface area contributed by atoms with Crippen molar-refractivity contribution < 1.29 is 19.5 Å². The topological polar surface area (TPSA) is 95.5 Å². The molecule has 128 valence electrons. The molecule has 2 fully saturated rings. The average Bonchev–Trinajstić information content (AvgIpc) is 3.28. The number of hydrogen-bond donors (Lipinski definition) is 3. The van der Waals surface area contributed by atoms with Crippen LogP contribution in [0.3, 0.4) is 0 Å². The normalized spacial score (nSPS) is 22.4. The molecule has 1 aromatic carbocycles. The molecule has 0 spiro atoms. The summed E-state index contributed by atoms with van der Waals surface area (Å²) in [5, 5.41) is 14.9. The van der Waals surface area contributed by atoms with E-state index in [9.17, 15) is 14.4 Å². The van der Waals surface area contributed by atoms with Crippen LogP contribution in [0.2, 0.25) is 5.02 Å². The van der Waals surface area contributed by atoms with Crippen LogP contribution >= 0.6 is 11.6 Å². The molecule has 0 unspecified atom stereocenters. The van der Waals surface area contributed by atoms with Crippen LogP contribution < -0.4 is 10.6 Å². The molecule has 3 rings (SSSR count). The maximum Gasteiger partial charge on any atom is 0.306 e. The number of benzene rings is 1. The summed E-state index contributed by atoms with van der Waals surface area (Å²) in [5.74, 6) is -1.63. The smallest absolute Gasteiger partial charge is 0.306 e. The minimum atomic E-state index is -0.870. The molecule has 2 saturated carbocycles. The number of carboxylic acid groups (broad SMARTS) is 1. The number of halogens is 1. The van der Waals surface area contributed by atoms with Crippen LogP contribution in [0, 0.1) is 17.8 Å². The Morgan fingerprint density at radius 3 is 2.50 bits per heavy atom. The lowest BCUT2D eigenvalue weighted by Crippen LogP contribution is -2.38. The lowest BCUT2D eigenvalue weighted by Gasteiger charge is -2.31. The van der Waals surface area contributed by atoms with Crippen molar-refractivity contribution in [2.75, 3.05) is 11.9 Å². The van der Waals surface area contributed by atoms with Crippen LogP contribution in [0.15, 0.2) is 18.2 Å². The lowest BCUT2D eigenvalue weighted by molar-refractivity contribution is -0.147. The molecule has 24 heavy (non-hydrogen) atoms. The molecule has 3 N–H and O–H groups in total. The second-order valence-electron chi connectivity index (χ2n) is 6.54. The van der Waals surface area contributed by atoms with Crippen LogP contribution in [0.25, 0.3) is 0 Å². The minimum Gasteiger partial charge on any atom is -0.481 e. The largest absolute Gasteiger partial charge is 0.481 e. The zero-order chi connectivity index (χ0) is 17.3. The van der Waals surface area contributed by atoms with Gasteiger partial charge in [-0.1, -0.05) is 11.6 Å². The fraction of sp³-hybridized carbons (Fsp3) is 0.471. The van der Waals surface area contributed by atoms with Gasteiger partial charge < -0.3 is 15.7 Å². The van der Waals surface area contributed by atoms with Gasteiger partial charge in [-0.3, -0.25) is 14.4 Å². The second-order valence-corrected chi connectivity index (χ2v) is 6.97. The fourth-order valence-electron chi connectivity index (χ4n) is 2.74. The number of carboxylic acids is 1. The van der Waals surface area contributed by atoms with E-state index >= 15 is 0 Å². The van der Waals surface area contributed by atoms with Gasteiger partial charge in [-0.15, -0.1) is 0 Å². The molecular formula is C17H19ClN2O4. The van der Waals surface area contributed by atoms with E-state index in [0.717, 1.165) is 12.8 Å². The first-order valence-electron chi connectivity index (χ1n) is 8.05. The first-order chi connectivity index (χ1) is 11.4. The summed E-state index contributed by atoms with van der Waals surface area (Å²) in [6.07, 6.45) is 2.92. The Bertz CT molecular complexity index is 681. The van der Waals surface area contributed by atoms with Crippen molar-refractivity contribution in [2.24, 2.45) is 17.8 Å². The van der Waals surface area contributed by atoms with Crippen LogP contribution in [0.5, 0.6) is 0 Å². The van der Waals surface area contributed by atoms with E-state index < -0.39 is 11.9 Å². The van der Waals surface area contributed by atoms with E-state index in [1.807, 2.05) is 0 Å². The van der Waals surface area contributed by atoms with Gasteiger partial charge in [-0.25, -0.2) is 0 Å². The Hall–Kier alpha value is -2.08. The summed E-state index contributed by atoms with van der Waals surface area (Å²) in [6.45, 7) is 0.627. The minimum absolute atomic E-state index is 0.258. The molecule has 0 heterocycles. The van der Waals surface area contributed by atoms with Gasteiger partial charge in [0.1, 0.15) is 0 Å². The van der Waals surface area contributed by atoms with Crippen LogP contribution in [0.1, 0.15) is 36.0 Å². The first-order valence-corrected chi connectivity index (χ1v) is 8.43. The molecule has 0 aliphatic heterocycles. The molecule has 7 heteroatoms. The van der Waals surface area contributed by atoms with Crippen molar-refractivity contribution in [1.29, 1.82) is 0 Å². The molecule has 0 radical (unpaired) electrons. The van der Waals surface area contributed by atoms with Crippen molar-refractivity contribution in [3.8, 4) is 0 Å². The maximum absolute atomic E-state index is 12.3. The highest BCUT2D eigenvalue weighted by Gasteiger charge is 2.39. The van der Waals surface area contributed by atoms with E-state index in [-0.39, 0.29) is 17.7 Å². The molecule has 0 saturated heterocycles. The van der Waals surface area contributed by atoms with Gasteiger partial charge in [0.15, 0.2) is 0 Å². The van der Waals surface area contributed by atoms with Crippen molar-refractivity contribution in [3.63, 3.8) is 0 Å². The Balaban J connectivity index is 1.65. The van der Waals surface area contributed by atoms with Gasteiger partial charge in [-0.2, -0.15) is 0 Å². The van der Waals surface area contributed by atoms with Crippen LogP contribution in [-0.4, -0.2) is 29.4 Å². The number of aliphatic carboxylic acids is 1. The summed E-state index contributed by atoms with van der Waals surface area (Å²) < 4.78 is 0. The predicted octanol–water partition coefficient (Wildman–Crippen LogP) is 2.53. The molecule has 0 aromatic heterocycles. The predicted molar refractivity (Wildman–Crippen MR) is 89.0 cm³/mol. The fourth-order valence-corrected chi connectivity index (χ4v) is 2.91. The van der Waals surface area contributed by atoms with Crippen molar-refractivity contribution in [2.45, 2.75) is 25.7 Å². The zero-order valence-electron chi connectivity index (χ0n) is 13.0. The number of carbonyl (C=O) groups excluding carboxylic acids is 2. The monoisotopic (exact) mass is 350 g/mol. The lowest BCUT2D eigenvalue weighted by atomic mass is 9.74. The third kappa shape index (κ3) is 3.87. The maximum atomic E-state index is 12.3. The summed E-state index contributed by atoms with van der Waals surface area (Å²) in [5.41, 5.74) is 0.724. The molecule has 6 nitrogen and oxygen atoms in total. The van der Waals surface area contributed by atoms with E-state index in [1.54, 1.807) is 12.1 Å². The van der Waals surface area contributed by atoms with Gasteiger partial charge in [0, 0.05) is 17.5 Å². The number of amides is 2. The van der Waals surface area contributed by atoms with Crippen molar-refractivity contribution >= 4 is 35.1 Å². The number of carbonyl (C=O) groups is 3. The Kier molecular flexibility index (Phi) is 4.76. The number of hydrogen-bond acceptors (Lipinski definition) is 3. The quantitative estimate of drug-likeness (QED) is 0.734. The van der Waals surface area contributed by atoms with E-state index in [4.69, 9.17) is 16.7 Å².